The minimum Gasteiger partial charge on any atom is -0.481 e. The number of primary amides is 1. The minimum absolute atomic E-state index is 0.0501. The molecule has 1 saturated carbocycles. The number of rotatable bonds is 16. The van der Waals surface area contributed by atoms with Crippen LogP contribution in [0.25, 0.3) is 0 Å². The number of carboxylic acid groups (broad SMARTS) is 1. The topological polar surface area (TPSA) is 253 Å². The van der Waals surface area contributed by atoms with Gasteiger partial charge in [0.2, 0.25) is 17.7 Å². The van der Waals surface area contributed by atoms with Gasteiger partial charge >= 0.3 is 5.97 Å². The number of amides is 3. The highest BCUT2D eigenvalue weighted by Gasteiger charge is 2.33. The Bertz CT molecular complexity index is 1070. The predicted octanol–water partition coefficient (Wildman–Crippen LogP) is 0.0830. The number of amidine groups is 1. The van der Waals surface area contributed by atoms with E-state index in [2.05, 4.69) is 15.6 Å². The summed E-state index contributed by atoms with van der Waals surface area (Å²) in [5.41, 5.74) is 23.1. The zero-order valence-electron chi connectivity index (χ0n) is 22.7. The Labute approximate surface area is 234 Å². The molecular weight excluding hydrogens is 516 g/mol. The summed E-state index contributed by atoms with van der Waals surface area (Å²) in [6.07, 6.45) is 5.27. The number of hydrogen-bond acceptors (Lipinski definition) is 6. The summed E-state index contributed by atoms with van der Waals surface area (Å²) in [4.78, 5) is 53.9. The second-order valence-electron chi connectivity index (χ2n) is 10.2. The van der Waals surface area contributed by atoms with E-state index in [1.54, 1.807) is 12.1 Å². The first-order valence-electron chi connectivity index (χ1n) is 13.6. The minimum atomic E-state index is -1.17. The summed E-state index contributed by atoms with van der Waals surface area (Å²) in [5, 5.41) is 22.1. The third kappa shape index (κ3) is 10.9. The number of aliphatic carboxylic acids is 1. The SMILES string of the molecule is N=C(N)c1ccc(C[C@@H](C(=O)N[C@@H](CCC(=O)O)C(=O)N[C@@H](CCCN=C(N)N)C(N)=O)C2CCCCC2)cc1. The number of nitrogens with two attached hydrogens (primary N) is 4. The van der Waals surface area contributed by atoms with Crippen molar-refractivity contribution in [3.63, 3.8) is 0 Å². The van der Waals surface area contributed by atoms with Gasteiger partial charge in [0.05, 0.1) is 0 Å². The number of aliphatic imine (C=N–C) groups is 1. The molecule has 1 aliphatic carbocycles. The number of benzene rings is 1. The van der Waals surface area contributed by atoms with E-state index < -0.39 is 35.8 Å². The molecule has 0 saturated heterocycles. The molecule has 3 amide bonds. The number of carbonyl (C=O) groups is 4. The molecule has 12 N–H and O–H groups in total. The molecule has 13 nitrogen and oxygen atoms in total. The summed E-state index contributed by atoms with van der Waals surface area (Å²) >= 11 is 0. The number of carboxylic acids is 1. The van der Waals surface area contributed by atoms with Gasteiger partial charge < -0.3 is 38.7 Å². The summed E-state index contributed by atoms with van der Waals surface area (Å²) < 4.78 is 0. The molecule has 1 fully saturated rings. The lowest BCUT2D eigenvalue weighted by atomic mass is 9.76. The van der Waals surface area contributed by atoms with E-state index in [0.29, 0.717) is 18.4 Å². The van der Waals surface area contributed by atoms with Crippen molar-refractivity contribution >= 4 is 35.5 Å². The largest absolute Gasteiger partial charge is 0.481 e. The molecule has 0 spiro atoms. The molecule has 0 aromatic heterocycles. The van der Waals surface area contributed by atoms with Crippen LogP contribution in [-0.2, 0) is 25.6 Å². The molecule has 2 rings (SSSR count). The van der Waals surface area contributed by atoms with Crippen LogP contribution in [0.2, 0.25) is 0 Å². The van der Waals surface area contributed by atoms with Crippen molar-refractivity contribution in [3.05, 3.63) is 35.4 Å². The maximum Gasteiger partial charge on any atom is 0.303 e. The Morgan fingerprint density at radius 1 is 0.925 bits per heavy atom. The van der Waals surface area contributed by atoms with Gasteiger partial charge in [-0.05, 0) is 50.0 Å². The van der Waals surface area contributed by atoms with E-state index in [9.17, 15) is 24.3 Å². The van der Waals surface area contributed by atoms with Crippen LogP contribution in [0.3, 0.4) is 0 Å². The number of carbonyl (C=O) groups excluding carboxylic acids is 3. The molecule has 1 aromatic rings. The fourth-order valence-electron chi connectivity index (χ4n) is 4.96. The molecule has 0 radical (unpaired) electrons. The highest BCUT2D eigenvalue weighted by atomic mass is 16.4. The van der Waals surface area contributed by atoms with Gasteiger partial charge in [0.15, 0.2) is 5.96 Å². The smallest absolute Gasteiger partial charge is 0.303 e. The lowest BCUT2D eigenvalue weighted by Crippen LogP contribution is -2.54. The molecule has 13 heteroatoms. The maximum absolute atomic E-state index is 13.7. The summed E-state index contributed by atoms with van der Waals surface area (Å²) in [7, 11) is 0. The van der Waals surface area contributed by atoms with E-state index >= 15 is 0 Å². The van der Waals surface area contributed by atoms with Crippen LogP contribution in [-0.4, -0.2) is 59.2 Å². The lowest BCUT2D eigenvalue weighted by Gasteiger charge is -2.31. The Morgan fingerprint density at radius 3 is 2.10 bits per heavy atom. The number of nitrogen functional groups attached to an aromatic ring is 1. The molecule has 3 atom stereocenters. The van der Waals surface area contributed by atoms with Gasteiger partial charge in [-0.3, -0.25) is 29.6 Å². The van der Waals surface area contributed by atoms with Crippen LogP contribution in [0.5, 0.6) is 0 Å². The Morgan fingerprint density at radius 2 is 1.55 bits per heavy atom. The first-order valence-corrected chi connectivity index (χ1v) is 13.6. The van der Waals surface area contributed by atoms with Crippen LogP contribution >= 0.6 is 0 Å². The molecule has 40 heavy (non-hydrogen) atoms. The second kappa shape index (κ2) is 16.1. The third-order valence-electron chi connectivity index (χ3n) is 7.16. The fourth-order valence-corrected chi connectivity index (χ4v) is 4.96. The van der Waals surface area contributed by atoms with Crippen LogP contribution in [0.1, 0.15) is 68.9 Å². The number of nitrogens with one attached hydrogen (secondary N) is 3. The number of hydrogen-bond donors (Lipinski definition) is 8. The second-order valence-corrected chi connectivity index (χ2v) is 10.2. The van der Waals surface area contributed by atoms with Crippen LogP contribution in [0, 0.1) is 17.2 Å². The van der Waals surface area contributed by atoms with Crippen molar-refractivity contribution in [1.29, 1.82) is 5.41 Å². The van der Waals surface area contributed by atoms with Gasteiger partial charge in [-0.25, -0.2) is 0 Å². The van der Waals surface area contributed by atoms with Crippen LogP contribution in [0.4, 0.5) is 0 Å². The Balaban J connectivity index is 2.20. The Kier molecular flexibility index (Phi) is 12.9. The zero-order valence-corrected chi connectivity index (χ0v) is 22.7. The Hall–Kier alpha value is -4.16. The van der Waals surface area contributed by atoms with E-state index in [1.165, 1.54) is 0 Å². The molecule has 0 bridgehead atoms. The summed E-state index contributed by atoms with van der Waals surface area (Å²) in [6.45, 7) is 0.234. The first kappa shape index (κ1) is 32.1. The lowest BCUT2D eigenvalue weighted by molar-refractivity contribution is -0.138. The molecule has 0 aliphatic heterocycles. The molecule has 0 unspecified atom stereocenters. The van der Waals surface area contributed by atoms with Gasteiger partial charge in [-0.1, -0.05) is 43.5 Å². The third-order valence-corrected chi connectivity index (χ3v) is 7.16. The van der Waals surface area contributed by atoms with Crippen molar-refractivity contribution in [1.82, 2.24) is 10.6 Å². The molecule has 1 aromatic carbocycles. The van der Waals surface area contributed by atoms with Crippen molar-refractivity contribution in [3.8, 4) is 0 Å². The van der Waals surface area contributed by atoms with Gasteiger partial charge in [0.25, 0.3) is 0 Å². The molecule has 220 valence electrons. The van der Waals surface area contributed by atoms with Crippen molar-refractivity contribution in [2.75, 3.05) is 6.54 Å². The summed E-state index contributed by atoms with van der Waals surface area (Å²) in [6, 6.07) is 4.90. The molecule has 1 aliphatic rings. The van der Waals surface area contributed by atoms with E-state index in [-0.39, 0.29) is 49.4 Å². The summed E-state index contributed by atoms with van der Waals surface area (Å²) in [5.74, 6) is -3.43. The highest BCUT2D eigenvalue weighted by molar-refractivity contribution is 5.95. The monoisotopic (exact) mass is 558 g/mol. The maximum atomic E-state index is 13.7. The fraction of sp³-hybridized carbons (Fsp3) is 0.556. The average Bonchev–Trinajstić information content (AvgIpc) is 2.91. The van der Waals surface area contributed by atoms with Crippen LogP contribution in [0.15, 0.2) is 29.3 Å². The van der Waals surface area contributed by atoms with Crippen molar-refractivity contribution < 1.29 is 24.3 Å². The first-order chi connectivity index (χ1) is 19.0. The zero-order chi connectivity index (χ0) is 29.7. The van der Waals surface area contributed by atoms with Crippen LogP contribution < -0.4 is 33.6 Å². The molecule has 0 heterocycles. The highest BCUT2D eigenvalue weighted by Crippen LogP contribution is 2.32. The van der Waals surface area contributed by atoms with E-state index in [4.69, 9.17) is 28.3 Å². The van der Waals surface area contributed by atoms with E-state index in [1.807, 2.05) is 12.1 Å². The number of nitrogens with zero attached hydrogens (tertiary/aromatic N) is 1. The molecular formula is C27H42N8O5. The quantitative estimate of drug-likeness (QED) is 0.0781. The van der Waals surface area contributed by atoms with E-state index in [0.717, 1.165) is 37.7 Å². The standard InChI is InChI=1S/C27H42N8O5/c28-23(29)18-10-8-16(9-11-18)15-19(17-5-2-1-3-6-17)25(39)35-21(12-13-22(36)37)26(40)34-20(24(30)38)7-4-14-33-27(31)32/h8-11,17,19-21H,1-7,12-15H2,(H3,28,29)(H2,30,38)(H,34,40)(H,35,39)(H,36,37)(H4,31,32,33)/t19-,20+,21+/m1/s1. The van der Waals surface area contributed by atoms with Crippen molar-refractivity contribution in [2.24, 2.45) is 39.8 Å². The number of guanidine groups is 1. The average molecular weight is 559 g/mol. The van der Waals surface area contributed by atoms with Gasteiger partial charge in [0, 0.05) is 24.4 Å². The van der Waals surface area contributed by atoms with Gasteiger partial charge in [-0.15, -0.1) is 0 Å². The predicted molar refractivity (Wildman–Crippen MR) is 151 cm³/mol. The normalized spacial score (nSPS) is 15.7. The van der Waals surface area contributed by atoms with Gasteiger partial charge in [0.1, 0.15) is 17.9 Å². The van der Waals surface area contributed by atoms with Crippen molar-refractivity contribution in [2.45, 2.75) is 76.3 Å². The van der Waals surface area contributed by atoms with Gasteiger partial charge in [-0.2, -0.15) is 0 Å².